The van der Waals surface area contributed by atoms with Crippen molar-refractivity contribution in [1.82, 2.24) is 40.4 Å². The average molecular weight is 1320 g/mol. The number of methoxy groups -OCH3 is 2. The van der Waals surface area contributed by atoms with Crippen molar-refractivity contribution in [1.29, 1.82) is 0 Å². The molecule has 0 bridgehead atoms. The zero-order valence-electron chi connectivity index (χ0n) is 56.6. The number of nitrogens with one attached hydrogen (secondary N) is 4. The van der Waals surface area contributed by atoms with E-state index in [1.54, 1.807) is 84.1 Å². The molecule has 1 aliphatic carbocycles. The molecule has 0 aromatic heterocycles. The van der Waals surface area contributed by atoms with Crippen molar-refractivity contribution >= 4 is 68.9 Å². The standard InChI is InChI=1S/C67H102N8O17S/c1-14-42(6)62(73(11)66(84)51(40(2)3)36-55(77)61(41(4)5)72(9)10)56(89-12)37-60(81)75-31-15-16-53(75)63(90-13)43(7)64(82)69-52(65(83)71-93(87,88)50-25-26-50)34-45-21-23-49(24-22-45)91-39-58(79)70-92-38-47-19-17-46(18-20-47)35-54(76)44(8)68-57(78)27-28-59(80)74-32-29-48(30-33-74)67(85)86/h17-24,40-44,48,50-53,56,61-63H,14-16,25-39H2,1-13H3,(H,68,78)(H,69,82)(H,70,79)(H,71,83)(H,85,86)/t42-,43+,44-,51-,52-,53-,56+,61-,62-,63+/m0/s1. The van der Waals surface area contributed by atoms with Crippen LogP contribution in [0.15, 0.2) is 48.5 Å². The van der Waals surface area contributed by atoms with Crippen LogP contribution < -0.4 is 25.6 Å². The maximum absolute atomic E-state index is 14.6. The van der Waals surface area contributed by atoms with Crippen molar-refractivity contribution in [2.75, 3.05) is 61.6 Å². The third-order valence-electron chi connectivity index (χ3n) is 18.3. The first-order valence-electron chi connectivity index (χ1n) is 32.6. The van der Waals surface area contributed by atoms with Gasteiger partial charge in [0, 0.05) is 78.9 Å². The predicted molar refractivity (Wildman–Crippen MR) is 346 cm³/mol. The van der Waals surface area contributed by atoms with Crippen molar-refractivity contribution < 1.29 is 80.5 Å². The van der Waals surface area contributed by atoms with Gasteiger partial charge in [-0.05, 0) is 106 Å². The lowest BCUT2D eigenvalue weighted by Gasteiger charge is -2.41. The lowest BCUT2D eigenvalue weighted by molar-refractivity contribution is -0.149. The number of amides is 7. The number of carbonyl (C=O) groups is 10. The van der Waals surface area contributed by atoms with E-state index < -0.39 is 106 Å². The van der Waals surface area contributed by atoms with Crippen molar-refractivity contribution in [3.8, 4) is 5.75 Å². The van der Waals surface area contributed by atoms with Gasteiger partial charge in [0.15, 0.2) is 18.2 Å². The molecule has 2 aromatic carbocycles. The molecule has 3 fully saturated rings. The van der Waals surface area contributed by atoms with Gasteiger partial charge in [0.25, 0.3) is 11.8 Å². The molecule has 10 atom stereocenters. The fourth-order valence-corrected chi connectivity index (χ4v) is 13.9. The average Bonchev–Trinajstić information content (AvgIpc) is 1.82. The number of carboxylic acid groups (broad SMARTS) is 1. The summed E-state index contributed by atoms with van der Waals surface area (Å²) >= 11 is 0. The van der Waals surface area contributed by atoms with Crippen LogP contribution in [-0.2, 0) is 91.7 Å². The van der Waals surface area contributed by atoms with Gasteiger partial charge in [0.05, 0.1) is 66.5 Å². The maximum Gasteiger partial charge on any atom is 0.306 e. The number of ether oxygens (including phenoxy) is 3. The van der Waals surface area contributed by atoms with Crippen LogP contribution in [0.25, 0.3) is 0 Å². The number of likely N-dealkylation sites (N-methyl/N-ethyl adjacent to an activating group) is 2. The first kappa shape index (κ1) is 76.8. The summed E-state index contributed by atoms with van der Waals surface area (Å²) in [5.41, 5.74) is 4.19. The highest BCUT2D eigenvalue weighted by atomic mass is 32.2. The maximum atomic E-state index is 14.6. The van der Waals surface area contributed by atoms with E-state index in [0.29, 0.717) is 81.3 Å². The Morgan fingerprint density at radius 1 is 0.699 bits per heavy atom. The van der Waals surface area contributed by atoms with Crippen LogP contribution >= 0.6 is 0 Å². The monoisotopic (exact) mass is 1320 g/mol. The van der Waals surface area contributed by atoms with E-state index in [2.05, 4.69) is 20.8 Å². The van der Waals surface area contributed by atoms with Crippen LogP contribution in [0, 0.1) is 35.5 Å². The van der Waals surface area contributed by atoms with Gasteiger partial charge in [-0.25, -0.2) is 13.9 Å². The lowest BCUT2D eigenvalue weighted by Crippen LogP contribution is -2.55. The Kier molecular flexibility index (Phi) is 29.9. The second-order valence-electron chi connectivity index (χ2n) is 26.2. The number of carbonyl (C=O) groups excluding carboxylic acids is 9. The molecule has 93 heavy (non-hydrogen) atoms. The number of rotatable bonds is 38. The predicted octanol–water partition coefficient (Wildman–Crippen LogP) is 4.41. The summed E-state index contributed by atoms with van der Waals surface area (Å²) in [6.07, 6.45) is 1.44. The molecular weight excluding hydrogens is 1220 g/mol. The van der Waals surface area contributed by atoms with Gasteiger partial charge in [-0.2, -0.15) is 0 Å². The molecule has 1 saturated carbocycles. The van der Waals surface area contributed by atoms with Gasteiger partial charge in [-0.3, -0.25) is 62.4 Å². The van der Waals surface area contributed by atoms with Crippen molar-refractivity contribution in [2.45, 2.75) is 193 Å². The Morgan fingerprint density at radius 3 is 1.88 bits per heavy atom. The van der Waals surface area contributed by atoms with E-state index in [1.165, 1.54) is 14.2 Å². The summed E-state index contributed by atoms with van der Waals surface area (Å²) in [6, 6.07) is 9.57. The number of hydrogen-bond donors (Lipinski definition) is 5. The number of benzene rings is 2. The number of hydrogen-bond acceptors (Lipinski definition) is 17. The summed E-state index contributed by atoms with van der Waals surface area (Å²) < 4.78 is 46.0. The van der Waals surface area contributed by atoms with Crippen LogP contribution in [0.3, 0.4) is 0 Å². The van der Waals surface area contributed by atoms with Gasteiger partial charge < -0.3 is 44.7 Å². The highest BCUT2D eigenvalue weighted by Crippen LogP contribution is 2.32. The number of sulfonamides is 1. The fraction of sp³-hybridized carbons (Fsp3) is 0.672. The molecule has 25 nitrogen and oxygen atoms in total. The van der Waals surface area contributed by atoms with E-state index in [-0.39, 0.29) is 104 Å². The minimum absolute atomic E-state index is 0.00887. The van der Waals surface area contributed by atoms with Crippen LogP contribution in [0.2, 0.25) is 0 Å². The summed E-state index contributed by atoms with van der Waals surface area (Å²) in [5, 5.41) is 13.9. The fourth-order valence-electron chi connectivity index (χ4n) is 12.5. The Bertz CT molecular complexity index is 2980. The van der Waals surface area contributed by atoms with Gasteiger partial charge in [-0.1, -0.05) is 91.3 Å². The number of hydroxylamine groups is 1. The Balaban J connectivity index is 1.13. The molecule has 0 spiro atoms. The summed E-state index contributed by atoms with van der Waals surface area (Å²) in [4.78, 5) is 145. The molecule has 2 aliphatic heterocycles. The van der Waals surface area contributed by atoms with Gasteiger partial charge in [0.1, 0.15) is 11.8 Å². The minimum Gasteiger partial charge on any atom is -0.484 e. The molecule has 518 valence electrons. The van der Waals surface area contributed by atoms with Crippen LogP contribution in [0.4, 0.5) is 0 Å². The summed E-state index contributed by atoms with van der Waals surface area (Å²) in [6.45, 7) is 15.6. The van der Waals surface area contributed by atoms with Crippen LogP contribution in [0.5, 0.6) is 5.75 Å². The highest BCUT2D eigenvalue weighted by molar-refractivity contribution is 7.90. The molecule has 26 heteroatoms. The summed E-state index contributed by atoms with van der Waals surface area (Å²) in [5.74, 6) is -6.39. The molecule has 5 rings (SSSR count). The smallest absolute Gasteiger partial charge is 0.306 e. The molecule has 2 heterocycles. The molecular formula is C67H102N8O17S. The van der Waals surface area contributed by atoms with Crippen molar-refractivity contribution in [2.24, 2.45) is 35.5 Å². The first-order chi connectivity index (χ1) is 43.9. The number of carboxylic acids is 1. The largest absolute Gasteiger partial charge is 0.484 e. The molecule has 0 unspecified atom stereocenters. The van der Waals surface area contributed by atoms with Gasteiger partial charge >= 0.3 is 5.97 Å². The molecule has 0 radical (unpaired) electrons. The normalized spacial score (nSPS) is 18.3. The zero-order chi connectivity index (χ0) is 69.0. The third-order valence-corrected chi connectivity index (χ3v) is 20.2. The molecule has 3 aliphatic rings. The Labute approximate surface area is 548 Å². The highest BCUT2D eigenvalue weighted by Gasteiger charge is 2.45. The molecule has 2 saturated heterocycles. The number of nitrogens with zero attached hydrogens (tertiary/aromatic N) is 4. The van der Waals surface area contributed by atoms with E-state index in [1.807, 2.05) is 60.5 Å². The number of piperidine rings is 1. The molecule has 7 amide bonds. The zero-order valence-corrected chi connectivity index (χ0v) is 57.4. The molecule has 2 aromatic rings. The SMILES string of the molecule is CC[C@H](C)[C@@H]([C@@H](CC(=O)N1CCC[C@H]1[C@H](OC)[C@@H](C)C(=O)N[C@@H](Cc1ccc(OCC(=O)NOCc2ccc(CC(=O)[C@H](C)NC(=O)CCC(=O)N3CCC(C(=O)O)CC3)cc2)cc1)C(=O)NS(=O)(=O)C1CC1)OC)N(C)C(=O)[C@@H](CC(=O)[C@H](C(C)C)N(C)C)C(C)C. The number of ketones is 2. The number of Topliss-reactive ketones (excluding diaryl/α,β-unsaturated/α-hetero) is 2. The molecule has 5 N–H and O–H groups in total. The van der Waals surface area contributed by atoms with Crippen LogP contribution in [-0.4, -0.2) is 201 Å². The van der Waals surface area contributed by atoms with Gasteiger partial charge in [0.2, 0.25) is 39.6 Å². The second kappa shape index (κ2) is 36.1. The van der Waals surface area contributed by atoms with Crippen molar-refractivity contribution in [3.63, 3.8) is 0 Å². The van der Waals surface area contributed by atoms with E-state index in [4.69, 9.17) is 19.0 Å². The van der Waals surface area contributed by atoms with E-state index in [0.717, 1.165) is 0 Å². The van der Waals surface area contributed by atoms with Crippen LogP contribution in [0.1, 0.15) is 143 Å². The topological polar surface area (TPSA) is 323 Å². The van der Waals surface area contributed by atoms with Gasteiger partial charge in [-0.15, -0.1) is 0 Å². The van der Waals surface area contributed by atoms with Crippen molar-refractivity contribution in [3.05, 3.63) is 65.2 Å². The quantitative estimate of drug-likeness (QED) is 0.0582. The lowest BCUT2D eigenvalue weighted by atomic mass is 9.83. The first-order valence-corrected chi connectivity index (χ1v) is 34.2. The summed E-state index contributed by atoms with van der Waals surface area (Å²) in [7, 11) is 4.37. The number of likely N-dealkylation sites (tertiary alicyclic amines) is 2. The van der Waals surface area contributed by atoms with E-state index in [9.17, 15) is 61.5 Å². The third kappa shape index (κ3) is 22.7. The Hall–Kier alpha value is -6.87. The number of aliphatic carboxylic acids is 1. The second-order valence-corrected chi connectivity index (χ2v) is 28.2. The minimum atomic E-state index is -4.03. The Morgan fingerprint density at radius 2 is 1.32 bits per heavy atom. The van der Waals surface area contributed by atoms with E-state index >= 15 is 0 Å².